The molecule has 6 heteroatoms. The summed E-state index contributed by atoms with van der Waals surface area (Å²) in [7, 11) is 0. The van der Waals surface area contributed by atoms with Crippen molar-refractivity contribution in [3.63, 3.8) is 0 Å². The topological polar surface area (TPSA) is 68.7 Å². The minimum atomic E-state index is -0.801. The Bertz CT molecular complexity index is 671. The van der Waals surface area contributed by atoms with E-state index in [9.17, 15) is 10.1 Å². The number of hydrogen-bond acceptors (Lipinski definition) is 3. The highest BCUT2D eigenvalue weighted by Crippen LogP contribution is 2.31. The summed E-state index contributed by atoms with van der Waals surface area (Å²) in [5.74, 6) is 0. The first-order chi connectivity index (χ1) is 9.13. The third kappa shape index (κ3) is 2.90. The standard InChI is InChI=1S/C13H9Cl2N3O/c14-8-3-1-4-9(15)12(8)11(7-16)18-10-5-2-6-17-13(10)19/h1-6,11,18H,(H,17,19). The number of nitriles is 1. The van der Waals surface area contributed by atoms with Gasteiger partial charge in [0.05, 0.1) is 6.07 Å². The molecule has 0 saturated heterocycles. The molecule has 0 aliphatic rings. The molecule has 0 aliphatic heterocycles. The van der Waals surface area contributed by atoms with Crippen LogP contribution in [0.2, 0.25) is 10.0 Å². The van der Waals surface area contributed by atoms with Crippen LogP contribution in [-0.4, -0.2) is 4.98 Å². The summed E-state index contributed by atoms with van der Waals surface area (Å²) in [5.41, 5.74) is 0.424. The molecule has 0 saturated carbocycles. The molecule has 4 nitrogen and oxygen atoms in total. The fraction of sp³-hybridized carbons (Fsp3) is 0.0769. The lowest BCUT2D eigenvalue weighted by Gasteiger charge is -2.15. The van der Waals surface area contributed by atoms with Gasteiger partial charge in [-0.05, 0) is 24.3 Å². The van der Waals surface area contributed by atoms with Crippen molar-refractivity contribution in [3.05, 3.63) is 62.5 Å². The van der Waals surface area contributed by atoms with Crippen molar-refractivity contribution in [3.8, 4) is 6.07 Å². The summed E-state index contributed by atoms with van der Waals surface area (Å²) in [4.78, 5) is 14.1. The maximum Gasteiger partial charge on any atom is 0.271 e. The zero-order valence-electron chi connectivity index (χ0n) is 9.65. The lowest BCUT2D eigenvalue weighted by Crippen LogP contribution is -2.17. The number of anilines is 1. The number of aromatic amines is 1. The van der Waals surface area contributed by atoms with E-state index in [1.165, 1.54) is 6.20 Å². The van der Waals surface area contributed by atoms with Crippen molar-refractivity contribution in [2.24, 2.45) is 0 Å². The number of benzene rings is 1. The van der Waals surface area contributed by atoms with E-state index in [0.29, 0.717) is 15.6 Å². The maximum absolute atomic E-state index is 11.6. The van der Waals surface area contributed by atoms with Crippen molar-refractivity contribution in [1.29, 1.82) is 5.26 Å². The van der Waals surface area contributed by atoms with Crippen LogP contribution in [0, 0.1) is 11.3 Å². The number of hydrogen-bond donors (Lipinski definition) is 2. The van der Waals surface area contributed by atoms with E-state index in [1.54, 1.807) is 30.3 Å². The highest BCUT2D eigenvalue weighted by Gasteiger charge is 2.18. The molecule has 2 rings (SSSR count). The highest BCUT2D eigenvalue weighted by atomic mass is 35.5. The van der Waals surface area contributed by atoms with Crippen LogP contribution in [0.25, 0.3) is 0 Å². The Kier molecular flexibility index (Phi) is 4.10. The molecule has 0 amide bonds. The quantitative estimate of drug-likeness (QED) is 0.912. The predicted octanol–water partition coefficient (Wildman–Crippen LogP) is 3.36. The van der Waals surface area contributed by atoms with Crippen LogP contribution >= 0.6 is 23.2 Å². The summed E-state index contributed by atoms with van der Waals surface area (Å²) in [6.45, 7) is 0. The van der Waals surface area contributed by atoms with Gasteiger partial charge in [0.1, 0.15) is 11.7 Å². The molecule has 1 unspecified atom stereocenters. The molecule has 19 heavy (non-hydrogen) atoms. The predicted molar refractivity (Wildman–Crippen MR) is 75.5 cm³/mol. The Labute approximate surface area is 119 Å². The molecule has 1 heterocycles. The molecule has 1 atom stereocenters. The second-order valence-electron chi connectivity index (χ2n) is 3.75. The largest absolute Gasteiger partial charge is 0.362 e. The fourth-order valence-corrected chi connectivity index (χ4v) is 2.26. The fourth-order valence-electron chi connectivity index (χ4n) is 1.65. The molecule has 1 aromatic carbocycles. The SMILES string of the molecule is N#CC(Nc1ccc[nH]c1=O)c1c(Cl)cccc1Cl. The van der Waals surface area contributed by atoms with Crippen LogP contribution in [-0.2, 0) is 0 Å². The van der Waals surface area contributed by atoms with E-state index in [0.717, 1.165) is 0 Å². The monoisotopic (exact) mass is 293 g/mol. The van der Waals surface area contributed by atoms with Gasteiger partial charge < -0.3 is 10.3 Å². The third-order valence-corrected chi connectivity index (χ3v) is 3.19. The summed E-state index contributed by atoms with van der Waals surface area (Å²) in [6, 6.07) is 9.46. The van der Waals surface area contributed by atoms with Gasteiger partial charge in [-0.3, -0.25) is 4.79 Å². The van der Waals surface area contributed by atoms with Crippen molar-refractivity contribution >= 4 is 28.9 Å². The van der Waals surface area contributed by atoms with Crippen LogP contribution in [0.1, 0.15) is 11.6 Å². The Hall–Kier alpha value is -1.96. The first-order valence-electron chi connectivity index (χ1n) is 5.41. The Balaban J connectivity index is 2.40. The van der Waals surface area contributed by atoms with Crippen LogP contribution in [0.15, 0.2) is 41.3 Å². The van der Waals surface area contributed by atoms with Crippen LogP contribution in [0.3, 0.4) is 0 Å². The summed E-state index contributed by atoms with van der Waals surface area (Å²) in [5, 5.41) is 12.8. The number of aromatic nitrogens is 1. The van der Waals surface area contributed by atoms with E-state index in [1.807, 2.05) is 6.07 Å². The lowest BCUT2D eigenvalue weighted by atomic mass is 10.1. The van der Waals surface area contributed by atoms with Gasteiger partial charge in [0.25, 0.3) is 5.56 Å². The van der Waals surface area contributed by atoms with Gasteiger partial charge in [0.15, 0.2) is 0 Å². The smallest absolute Gasteiger partial charge is 0.271 e. The van der Waals surface area contributed by atoms with E-state index in [-0.39, 0.29) is 11.2 Å². The molecule has 0 aliphatic carbocycles. The number of rotatable bonds is 3. The minimum absolute atomic E-state index is 0.282. The molecule has 0 fully saturated rings. The molecule has 0 radical (unpaired) electrons. The van der Waals surface area contributed by atoms with E-state index >= 15 is 0 Å². The Morgan fingerprint density at radius 2 is 1.89 bits per heavy atom. The van der Waals surface area contributed by atoms with Crippen LogP contribution in [0.4, 0.5) is 5.69 Å². The maximum atomic E-state index is 11.6. The summed E-state index contributed by atoms with van der Waals surface area (Å²) in [6.07, 6.45) is 1.51. The molecule has 1 aromatic heterocycles. The van der Waals surface area contributed by atoms with Crippen molar-refractivity contribution < 1.29 is 0 Å². The van der Waals surface area contributed by atoms with E-state index in [4.69, 9.17) is 23.2 Å². The van der Waals surface area contributed by atoms with Crippen molar-refractivity contribution in [2.75, 3.05) is 5.32 Å². The first-order valence-corrected chi connectivity index (χ1v) is 6.17. The van der Waals surface area contributed by atoms with Gasteiger partial charge >= 0.3 is 0 Å². The summed E-state index contributed by atoms with van der Waals surface area (Å²) < 4.78 is 0. The van der Waals surface area contributed by atoms with Gasteiger partial charge in [-0.15, -0.1) is 0 Å². The van der Waals surface area contributed by atoms with Gasteiger partial charge in [-0.1, -0.05) is 29.3 Å². The number of H-pyrrole nitrogens is 1. The highest BCUT2D eigenvalue weighted by molar-refractivity contribution is 6.36. The van der Waals surface area contributed by atoms with E-state index < -0.39 is 6.04 Å². The van der Waals surface area contributed by atoms with E-state index in [2.05, 4.69) is 10.3 Å². The summed E-state index contributed by atoms with van der Waals surface area (Å²) >= 11 is 12.1. The van der Waals surface area contributed by atoms with Crippen LogP contribution < -0.4 is 10.9 Å². The molecule has 2 aromatic rings. The molecule has 96 valence electrons. The Morgan fingerprint density at radius 3 is 2.47 bits per heavy atom. The Morgan fingerprint density at radius 1 is 1.21 bits per heavy atom. The minimum Gasteiger partial charge on any atom is -0.362 e. The second kappa shape index (κ2) is 5.79. The number of nitrogens with zero attached hydrogens (tertiary/aromatic N) is 1. The van der Waals surface area contributed by atoms with Gasteiger partial charge in [-0.2, -0.15) is 5.26 Å². The average molecular weight is 294 g/mol. The van der Waals surface area contributed by atoms with Crippen LogP contribution in [0.5, 0.6) is 0 Å². The number of pyridine rings is 1. The molecular formula is C13H9Cl2N3O. The van der Waals surface area contributed by atoms with Gasteiger partial charge in [0.2, 0.25) is 0 Å². The van der Waals surface area contributed by atoms with Crippen molar-refractivity contribution in [2.45, 2.75) is 6.04 Å². The number of nitrogens with one attached hydrogen (secondary N) is 2. The third-order valence-electron chi connectivity index (χ3n) is 2.54. The van der Waals surface area contributed by atoms with Crippen molar-refractivity contribution in [1.82, 2.24) is 4.98 Å². The first kappa shape index (κ1) is 13.5. The molecule has 2 N–H and O–H groups in total. The van der Waals surface area contributed by atoms with Gasteiger partial charge in [-0.25, -0.2) is 0 Å². The average Bonchev–Trinajstić information content (AvgIpc) is 2.39. The lowest BCUT2D eigenvalue weighted by molar-refractivity contribution is 0.988. The molecule has 0 bridgehead atoms. The zero-order valence-corrected chi connectivity index (χ0v) is 11.2. The zero-order chi connectivity index (χ0) is 13.8. The van der Waals surface area contributed by atoms with Gasteiger partial charge in [0, 0.05) is 21.8 Å². The normalized spacial score (nSPS) is 11.6. The second-order valence-corrected chi connectivity index (χ2v) is 4.57. The molecule has 0 spiro atoms. The molecular weight excluding hydrogens is 285 g/mol. The number of halogens is 2.